The molecule has 1 unspecified atom stereocenters. The fourth-order valence-corrected chi connectivity index (χ4v) is 16.1. The Morgan fingerprint density at radius 3 is 1.55 bits per heavy atom. The Morgan fingerprint density at radius 1 is 0.650 bits per heavy atom. The van der Waals surface area contributed by atoms with Crippen LogP contribution in [-0.4, -0.2) is 3.21 Å². The van der Waals surface area contributed by atoms with Gasteiger partial charge in [-0.3, -0.25) is 0 Å². The Morgan fingerprint density at radius 2 is 1.10 bits per heavy atom. The van der Waals surface area contributed by atoms with Gasteiger partial charge in [-0.15, -0.1) is 0 Å². The van der Waals surface area contributed by atoms with Crippen molar-refractivity contribution in [2.24, 2.45) is 11.3 Å². The van der Waals surface area contributed by atoms with Crippen molar-refractivity contribution in [1.82, 2.24) is 0 Å². The minimum atomic E-state index is -2.70. The Balaban J connectivity index is 0.00000185. The van der Waals surface area contributed by atoms with Crippen LogP contribution in [0.2, 0.25) is 0 Å². The van der Waals surface area contributed by atoms with Crippen molar-refractivity contribution in [3.8, 4) is 11.1 Å². The zero-order valence-electron chi connectivity index (χ0n) is 23.7. The van der Waals surface area contributed by atoms with Gasteiger partial charge < -0.3 is 24.8 Å². The van der Waals surface area contributed by atoms with Crippen molar-refractivity contribution in [2.45, 2.75) is 37.7 Å². The molecule has 0 N–H and O–H groups in total. The minimum Gasteiger partial charge on any atom is -1.00 e. The number of rotatable bonds is 5. The van der Waals surface area contributed by atoms with Crippen LogP contribution in [0.25, 0.3) is 11.1 Å². The van der Waals surface area contributed by atoms with E-state index in [1.54, 1.807) is 6.49 Å². The monoisotopic (exact) mass is 640 g/mol. The first kappa shape index (κ1) is 30.6. The molecule has 40 heavy (non-hydrogen) atoms. The average Bonchev–Trinajstić information content (AvgIpc) is 3.53. The molecule has 2 aliphatic rings. The summed E-state index contributed by atoms with van der Waals surface area (Å²) < 4.78 is 3.82. The molecule has 0 saturated carbocycles. The molecular weight excluding hydrogens is 607 g/mol. The largest absolute Gasteiger partial charge is 1.00 e. The maximum atomic E-state index is 2.65. The van der Waals surface area contributed by atoms with E-state index in [9.17, 15) is 0 Å². The summed E-state index contributed by atoms with van der Waals surface area (Å²) in [4.78, 5) is 0. The van der Waals surface area contributed by atoms with Gasteiger partial charge in [-0.2, -0.15) is 0 Å². The molecule has 0 bridgehead atoms. The maximum Gasteiger partial charge on any atom is -1.00 e. The first-order valence-electron chi connectivity index (χ1n) is 13.9. The fourth-order valence-electron chi connectivity index (χ4n) is 6.32. The Kier molecular flexibility index (Phi) is 9.72. The van der Waals surface area contributed by atoms with Crippen molar-refractivity contribution in [2.75, 3.05) is 0 Å². The van der Waals surface area contributed by atoms with Gasteiger partial charge in [-0.05, 0) is 0 Å². The van der Waals surface area contributed by atoms with Crippen molar-refractivity contribution >= 4 is 3.21 Å². The van der Waals surface area contributed by atoms with E-state index in [0.717, 1.165) is 6.42 Å². The standard InChI is InChI=1S/C13H9.C13H10.C11H17.2ClH.Zr/c1-3-7-12-10(5-1)9-11-6-2-4-8-13(11)12;1-3-7-12(8-4-1)11-13-9-5-2-6-10-13;1-5-9-6-7-10(8-9)11(2,3)4;;;/h1-9H;1-10H;7-9H,5H2,1-4H3;2*1H;/q;;;;;+2/p-2. The molecule has 4 aromatic carbocycles. The van der Waals surface area contributed by atoms with Crippen LogP contribution in [0.1, 0.15) is 60.0 Å². The third kappa shape index (κ3) is 5.59. The van der Waals surface area contributed by atoms with Gasteiger partial charge in [-0.25, -0.2) is 0 Å². The van der Waals surface area contributed by atoms with Crippen molar-refractivity contribution in [3.63, 3.8) is 0 Å². The molecule has 0 aliphatic heterocycles. The van der Waals surface area contributed by atoms with Gasteiger partial charge in [0.25, 0.3) is 0 Å². The van der Waals surface area contributed by atoms with Crippen LogP contribution >= 0.6 is 0 Å². The van der Waals surface area contributed by atoms with Gasteiger partial charge in [0.05, 0.1) is 0 Å². The Labute approximate surface area is 260 Å². The number of hydrogen-bond acceptors (Lipinski definition) is 0. The Hall–Kier alpha value is -2.31. The molecule has 2 aliphatic carbocycles. The second kappa shape index (κ2) is 12.7. The zero-order chi connectivity index (χ0) is 26.3. The molecule has 0 nitrogen and oxygen atoms in total. The predicted molar refractivity (Wildman–Crippen MR) is 159 cm³/mol. The quantitative estimate of drug-likeness (QED) is 0.313. The Bertz CT molecular complexity index is 1490. The first-order chi connectivity index (χ1) is 18.5. The number of allylic oxidation sites excluding steroid dienone is 4. The number of benzene rings is 4. The van der Waals surface area contributed by atoms with Crippen LogP contribution in [0.15, 0.2) is 130 Å². The summed E-state index contributed by atoms with van der Waals surface area (Å²) in [7, 11) is 0. The summed E-state index contributed by atoms with van der Waals surface area (Å²) in [6, 6.07) is 41.0. The second-order valence-corrected chi connectivity index (χ2v) is 17.7. The molecule has 0 heterocycles. The summed E-state index contributed by atoms with van der Waals surface area (Å²) in [6.45, 7) is 9.48. The fraction of sp³-hybridized carbons (Fsp3) is 0.216. The van der Waals surface area contributed by atoms with Crippen LogP contribution in [0, 0.1) is 11.3 Å². The minimum absolute atomic E-state index is 0. The number of halogens is 2. The summed E-state index contributed by atoms with van der Waals surface area (Å²) in [6.07, 6.45) is 6.41. The molecule has 1 atom stereocenters. The van der Waals surface area contributed by atoms with Gasteiger partial charge in [0, 0.05) is 0 Å². The van der Waals surface area contributed by atoms with Gasteiger partial charge in [0.1, 0.15) is 0 Å². The van der Waals surface area contributed by atoms with Crippen molar-refractivity contribution in [3.05, 3.63) is 152 Å². The van der Waals surface area contributed by atoms with E-state index in [1.165, 1.54) is 39.0 Å². The van der Waals surface area contributed by atoms with E-state index >= 15 is 0 Å². The van der Waals surface area contributed by atoms with E-state index in [-0.39, 0.29) is 30.2 Å². The predicted octanol–water partition coefficient (Wildman–Crippen LogP) is 3.55. The van der Waals surface area contributed by atoms with Crippen LogP contribution < -0.4 is 24.8 Å². The molecule has 4 aromatic rings. The molecule has 0 fully saturated rings. The van der Waals surface area contributed by atoms with E-state index in [2.05, 4.69) is 149 Å². The molecule has 6 rings (SSSR count). The number of hydrogen-bond donors (Lipinski definition) is 0. The normalized spacial score (nSPS) is 15.4. The third-order valence-corrected chi connectivity index (χ3v) is 16.7. The van der Waals surface area contributed by atoms with Crippen molar-refractivity contribution < 1.29 is 46.1 Å². The summed E-state index contributed by atoms with van der Waals surface area (Å²) in [5, 5.41) is 0. The molecule has 0 saturated heterocycles. The molecule has 3 heteroatoms. The van der Waals surface area contributed by atoms with Crippen LogP contribution in [0.3, 0.4) is 0 Å². The SMILES string of the molecule is CCC1C=C(C(C)(C)C)C=[C]1[Zr+2](=[C](c1ccccc1)c1ccccc1)[CH]1c2ccccc2-c2ccccc21.[Cl-].[Cl-]. The topological polar surface area (TPSA) is 0 Å². The first-order valence-corrected chi connectivity index (χ1v) is 17.8. The molecule has 202 valence electrons. The molecular formula is C37H36Cl2Zr. The van der Waals surface area contributed by atoms with E-state index < -0.39 is 21.3 Å². The summed E-state index contributed by atoms with van der Waals surface area (Å²) >= 11 is -2.70. The molecule has 0 aromatic heterocycles. The second-order valence-electron chi connectivity index (χ2n) is 11.6. The van der Waals surface area contributed by atoms with E-state index in [1.807, 2.05) is 0 Å². The average molecular weight is 643 g/mol. The number of fused-ring (bicyclic) bond motifs is 3. The smallest absolute Gasteiger partial charge is 1.00 e. The van der Waals surface area contributed by atoms with Crippen molar-refractivity contribution in [1.29, 1.82) is 0 Å². The van der Waals surface area contributed by atoms with Gasteiger partial charge in [0.15, 0.2) is 0 Å². The summed E-state index contributed by atoms with van der Waals surface area (Å²) in [5.41, 5.74) is 10.4. The third-order valence-electron chi connectivity index (χ3n) is 8.22. The molecule has 0 radical (unpaired) electrons. The van der Waals surface area contributed by atoms with Crippen LogP contribution in [-0.2, 0) is 21.3 Å². The van der Waals surface area contributed by atoms with Gasteiger partial charge in [0.2, 0.25) is 0 Å². The van der Waals surface area contributed by atoms with Gasteiger partial charge >= 0.3 is 237 Å². The zero-order valence-corrected chi connectivity index (χ0v) is 27.6. The maximum absolute atomic E-state index is 2.70. The van der Waals surface area contributed by atoms with E-state index in [4.69, 9.17) is 0 Å². The van der Waals surface area contributed by atoms with Crippen LogP contribution in [0.5, 0.6) is 0 Å². The summed E-state index contributed by atoms with van der Waals surface area (Å²) in [5.74, 6) is 0.515. The molecule has 0 spiro atoms. The van der Waals surface area contributed by atoms with E-state index in [0.29, 0.717) is 9.54 Å². The van der Waals surface area contributed by atoms with Crippen LogP contribution in [0.4, 0.5) is 0 Å². The molecule has 0 amide bonds. The van der Waals surface area contributed by atoms with Gasteiger partial charge in [-0.1, -0.05) is 0 Å².